The van der Waals surface area contributed by atoms with Crippen LogP contribution in [0.1, 0.15) is 33.1 Å². The molecule has 3 fully saturated rings. The predicted molar refractivity (Wildman–Crippen MR) is 119 cm³/mol. The summed E-state index contributed by atoms with van der Waals surface area (Å²) in [5, 5.41) is 16.1. The van der Waals surface area contributed by atoms with E-state index in [0.717, 1.165) is 0 Å². The third kappa shape index (κ3) is 3.31. The molecule has 1 aromatic carbocycles. The highest BCUT2D eigenvalue weighted by Gasteiger charge is 2.75. The second-order valence-electron chi connectivity index (χ2n) is 9.02. The standard InChI is InChI=1S/C23H30ClN3O5/c1-4-12(2)15(11-28)27-19(21(30)26-14-8-6-5-7-13(14)24)23-10-9-16(32-23)17(20(29)25-3)18(23)22(27)31/h5-8,12,15-19,28H,4,9-11H2,1-3H3,(H,25,29)(H,26,30)/t12-,15-,16-,17+,18-,19?,23?/m0/s1. The zero-order chi connectivity index (χ0) is 23.2. The van der Waals surface area contributed by atoms with Crippen molar-refractivity contribution in [2.75, 3.05) is 19.0 Å². The molecular formula is C23H30ClN3O5. The Morgan fingerprint density at radius 3 is 2.69 bits per heavy atom. The summed E-state index contributed by atoms with van der Waals surface area (Å²) >= 11 is 6.25. The fourth-order valence-corrected chi connectivity index (χ4v) is 5.98. The van der Waals surface area contributed by atoms with E-state index in [0.29, 0.717) is 30.0 Å². The molecule has 0 saturated carbocycles. The minimum absolute atomic E-state index is 0.0505. The second-order valence-corrected chi connectivity index (χ2v) is 9.43. The van der Waals surface area contributed by atoms with Gasteiger partial charge in [0.1, 0.15) is 11.6 Å². The average Bonchev–Trinajstić information content (AvgIpc) is 3.43. The summed E-state index contributed by atoms with van der Waals surface area (Å²) in [6.07, 6.45) is 1.40. The first-order valence-corrected chi connectivity index (χ1v) is 11.6. The quantitative estimate of drug-likeness (QED) is 0.571. The number of nitrogens with zero attached hydrogens (tertiary/aromatic N) is 1. The van der Waals surface area contributed by atoms with Crippen molar-refractivity contribution in [3.05, 3.63) is 29.3 Å². The molecule has 3 aliphatic heterocycles. The number of para-hydroxylation sites is 1. The van der Waals surface area contributed by atoms with Gasteiger partial charge < -0.3 is 25.4 Å². The number of hydrogen-bond acceptors (Lipinski definition) is 5. The lowest BCUT2D eigenvalue weighted by molar-refractivity contribution is -0.145. The first-order chi connectivity index (χ1) is 15.3. The highest BCUT2D eigenvalue weighted by molar-refractivity contribution is 6.33. The van der Waals surface area contributed by atoms with Crippen LogP contribution in [-0.4, -0.2) is 65.2 Å². The van der Waals surface area contributed by atoms with E-state index in [9.17, 15) is 19.5 Å². The molecule has 3 amide bonds. The van der Waals surface area contributed by atoms with Crippen LogP contribution >= 0.6 is 11.6 Å². The molecule has 3 saturated heterocycles. The molecule has 1 aromatic rings. The minimum Gasteiger partial charge on any atom is -0.394 e. The molecule has 3 N–H and O–H groups in total. The largest absolute Gasteiger partial charge is 0.394 e. The van der Waals surface area contributed by atoms with E-state index in [4.69, 9.17) is 16.3 Å². The number of carbonyl (C=O) groups is 3. The first-order valence-electron chi connectivity index (χ1n) is 11.2. The molecule has 2 bridgehead atoms. The van der Waals surface area contributed by atoms with Crippen LogP contribution in [0.5, 0.6) is 0 Å². The maximum Gasteiger partial charge on any atom is 0.250 e. The van der Waals surface area contributed by atoms with Crippen LogP contribution < -0.4 is 10.6 Å². The number of fused-ring (bicyclic) bond motifs is 1. The van der Waals surface area contributed by atoms with Gasteiger partial charge in [-0.25, -0.2) is 0 Å². The fourth-order valence-electron chi connectivity index (χ4n) is 5.79. The molecule has 4 rings (SSSR count). The molecule has 32 heavy (non-hydrogen) atoms. The zero-order valence-electron chi connectivity index (χ0n) is 18.5. The number of nitrogens with one attached hydrogen (secondary N) is 2. The summed E-state index contributed by atoms with van der Waals surface area (Å²) in [5.74, 6) is -2.45. The van der Waals surface area contributed by atoms with Crippen LogP contribution in [0, 0.1) is 17.8 Å². The van der Waals surface area contributed by atoms with Gasteiger partial charge in [-0.1, -0.05) is 44.0 Å². The van der Waals surface area contributed by atoms with Crippen molar-refractivity contribution < 1.29 is 24.2 Å². The summed E-state index contributed by atoms with van der Waals surface area (Å²) < 4.78 is 6.33. The molecule has 3 heterocycles. The Labute approximate surface area is 192 Å². The maximum absolute atomic E-state index is 13.8. The Kier molecular flexibility index (Phi) is 6.22. The summed E-state index contributed by atoms with van der Waals surface area (Å²) in [5.41, 5.74) is -0.670. The summed E-state index contributed by atoms with van der Waals surface area (Å²) in [6.45, 7) is 3.63. The summed E-state index contributed by atoms with van der Waals surface area (Å²) in [7, 11) is 1.54. The van der Waals surface area contributed by atoms with Gasteiger partial charge in [-0.2, -0.15) is 0 Å². The van der Waals surface area contributed by atoms with Crippen molar-refractivity contribution in [2.24, 2.45) is 17.8 Å². The highest BCUT2D eigenvalue weighted by atomic mass is 35.5. The van der Waals surface area contributed by atoms with E-state index >= 15 is 0 Å². The number of rotatable bonds is 7. The molecule has 9 heteroatoms. The van der Waals surface area contributed by atoms with E-state index in [1.54, 1.807) is 24.3 Å². The lowest BCUT2D eigenvalue weighted by atomic mass is 9.70. The molecular weight excluding hydrogens is 434 g/mol. The SMILES string of the molecule is CC[C@H](C)[C@H](CO)N1C(=O)[C@@H]2[C@H](C(=O)NC)[C@@H]3CCC2(O3)C1C(=O)Nc1ccccc1Cl. The van der Waals surface area contributed by atoms with E-state index in [2.05, 4.69) is 10.6 Å². The second kappa shape index (κ2) is 8.65. The number of hydrogen-bond donors (Lipinski definition) is 3. The Morgan fingerprint density at radius 2 is 2.06 bits per heavy atom. The van der Waals surface area contributed by atoms with Crippen molar-refractivity contribution in [2.45, 2.75) is 56.9 Å². The third-order valence-corrected chi connectivity index (χ3v) is 7.84. The van der Waals surface area contributed by atoms with Gasteiger partial charge in [0.25, 0.3) is 0 Å². The molecule has 2 unspecified atom stereocenters. The van der Waals surface area contributed by atoms with Crippen LogP contribution in [0.4, 0.5) is 5.69 Å². The normalized spacial score (nSPS) is 32.5. The molecule has 7 atom stereocenters. The number of carbonyl (C=O) groups excluding carboxylic acids is 3. The van der Waals surface area contributed by atoms with E-state index in [-0.39, 0.29) is 24.3 Å². The van der Waals surface area contributed by atoms with Gasteiger partial charge in [-0.3, -0.25) is 14.4 Å². The summed E-state index contributed by atoms with van der Waals surface area (Å²) in [6, 6.07) is 5.34. The van der Waals surface area contributed by atoms with E-state index < -0.39 is 41.5 Å². The first kappa shape index (κ1) is 23.0. The van der Waals surface area contributed by atoms with Crippen LogP contribution in [0.3, 0.4) is 0 Å². The lowest BCUT2D eigenvalue weighted by Crippen LogP contribution is -2.57. The number of ether oxygens (including phenoxy) is 1. The lowest BCUT2D eigenvalue weighted by Gasteiger charge is -2.38. The van der Waals surface area contributed by atoms with Crippen molar-refractivity contribution in [1.82, 2.24) is 10.2 Å². The van der Waals surface area contributed by atoms with Gasteiger partial charge in [-0.15, -0.1) is 0 Å². The van der Waals surface area contributed by atoms with Gasteiger partial charge in [0, 0.05) is 7.05 Å². The zero-order valence-corrected chi connectivity index (χ0v) is 19.3. The Balaban J connectivity index is 1.78. The fraction of sp³-hybridized carbons (Fsp3) is 0.609. The van der Waals surface area contributed by atoms with Gasteiger partial charge in [0.05, 0.1) is 41.3 Å². The predicted octanol–water partition coefficient (Wildman–Crippen LogP) is 1.81. The third-order valence-electron chi connectivity index (χ3n) is 7.51. The van der Waals surface area contributed by atoms with E-state index in [1.807, 2.05) is 13.8 Å². The average molecular weight is 464 g/mol. The van der Waals surface area contributed by atoms with Crippen molar-refractivity contribution in [3.63, 3.8) is 0 Å². The van der Waals surface area contributed by atoms with Crippen molar-refractivity contribution >= 4 is 35.0 Å². The van der Waals surface area contributed by atoms with Crippen LogP contribution in [0.25, 0.3) is 0 Å². The topological polar surface area (TPSA) is 108 Å². The maximum atomic E-state index is 13.8. The smallest absolute Gasteiger partial charge is 0.250 e. The molecule has 8 nitrogen and oxygen atoms in total. The molecule has 3 aliphatic rings. The number of aliphatic hydroxyl groups excluding tert-OH is 1. The molecule has 1 spiro atoms. The molecule has 0 aromatic heterocycles. The van der Waals surface area contributed by atoms with Crippen molar-refractivity contribution in [3.8, 4) is 0 Å². The number of benzene rings is 1. The van der Waals surface area contributed by atoms with Crippen LogP contribution in [0.15, 0.2) is 24.3 Å². The molecule has 0 aliphatic carbocycles. The summed E-state index contributed by atoms with van der Waals surface area (Å²) in [4.78, 5) is 41.7. The van der Waals surface area contributed by atoms with Gasteiger partial charge in [0.2, 0.25) is 17.7 Å². The van der Waals surface area contributed by atoms with Gasteiger partial charge >= 0.3 is 0 Å². The molecule has 0 radical (unpaired) electrons. The van der Waals surface area contributed by atoms with Crippen LogP contribution in [0.2, 0.25) is 5.02 Å². The number of aliphatic hydroxyl groups is 1. The number of likely N-dealkylation sites (tertiary alicyclic amines) is 1. The Morgan fingerprint density at radius 1 is 1.34 bits per heavy atom. The Hall–Kier alpha value is -2.16. The van der Waals surface area contributed by atoms with Crippen LogP contribution in [-0.2, 0) is 19.1 Å². The Bertz CT molecular complexity index is 927. The minimum atomic E-state index is -1.11. The monoisotopic (exact) mass is 463 g/mol. The molecule has 174 valence electrons. The van der Waals surface area contributed by atoms with Gasteiger partial charge in [0.15, 0.2) is 0 Å². The van der Waals surface area contributed by atoms with E-state index in [1.165, 1.54) is 11.9 Å². The number of anilines is 1. The van der Waals surface area contributed by atoms with Crippen molar-refractivity contribution in [1.29, 1.82) is 0 Å². The highest BCUT2D eigenvalue weighted by Crippen LogP contribution is 2.59. The van der Waals surface area contributed by atoms with Gasteiger partial charge in [-0.05, 0) is 30.9 Å². The number of amides is 3. The number of halogens is 1.